The van der Waals surface area contributed by atoms with Crippen LogP contribution in [0.5, 0.6) is 0 Å². The fourth-order valence-electron chi connectivity index (χ4n) is 1.90. The van der Waals surface area contributed by atoms with Crippen molar-refractivity contribution in [3.8, 4) is 0 Å². The zero-order chi connectivity index (χ0) is 14.7. The minimum atomic E-state index is -0.584. The second-order valence-electron chi connectivity index (χ2n) is 4.53. The maximum Gasteiger partial charge on any atom is 0.256 e. The normalized spacial score (nSPS) is 10.3. The van der Waals surface area contributed by atoms with Crippen molar-refractivity contribution < 1.29 is 9.18 Å². The lowest BCUT2D eigenvalue weighted by Gasteiger charge is -2.18. The number of anilines is 1. The van der Waals surface area contributed by atoms with Gasteiger partial charge in [0.2, 0.25) is 0 Å². The molecule has 0 aliphatic carbocycles. The van der Waals surface area contributed by atoms with Crippen molar-refractivity contribution >= 4 is 23.2 Å². The van der Waals surface area contributed by atoms with Gasteiger partial charge in [-0.2, -0.15) is 0 Å². The van der Waals surface area contributed by atoms with Crippen molar-refractivity contribution in [3.05, 3.63) is 64.4 Å². The van der Waals surface area contributed by atoms with Gasteiger partial charge in [0.15, 0.2) is 0 Å². The molecule has 2 aromatic carbocycles. The number of hydrogen-bond donors (Lipinski definition) is 1. The molecule has 1 amide bonds. The molecular weight excluding hydrogens is 279 g/mol. The summed E-state index contributed by atoms with van der Waals surface area (Å²) in [4.78, 5) is 13.6. The average molecular weight is 293 g/mol. The Balaban J connectivity index is 2.18. The van der Waals surface area contributed by atoms with Gasteiger partial charge in [0.05, 0.1) is 5.56 Å². The summed E-state index contributed by atoms with van der Waals surface area (Å²) in [6.45, 7) is 0.343. The molecule has 0 unspecified atom stereocenters. The van der Waals surface area contributed by atoms with Crippen LogP contribution in [0.15, 0.2) is 42.5 Å². The van der Waals surface area contributed by atoms with Crippen molar-refractivity contribution in [2.45, 2.75) is 6.54 Å². The third kappa shape index (κ3) is 3.27. The van der Waals surface area contributed by atoms with Crippen LogP contribution in [0.3, 0.4) is 0 Å². The molecule has 0 saturated heterocycles. The largest absolute Gasteiger partial charge is 0.399 e. The van der Waals surface area contributed by atoms with Gasteiger partial charge in [0.1, 0.15) is 5.82 Å². The topological polar surface area (TPSA) is 46.3 Å². The van der Waals surface area contributed by atoms with E-state index in [1.54, 1.807) is 19.2 Å². The zero-order valence-corrected chi connectivity index (χ0v) is 11.7. The molecule has 0 aromatic heterocycles. The number of halogens is 2. The Morgan fingerprint density at radius 1 is 1.30 bits per heavy atom. The van der Waals surface area contributed by atoms with Crippen molar-refractivity contribution in [1.82, 2.24) is 4.90 Å². The molecule has 0 aliphatic rings. The third-order valence-electron chi connectivity index (χ3n) is 2.88. The maximum atomic E-state index is 13.7. The predicted octanol–water partition coefficient (Wildman–Crippen LogP) is 3.33. The summed E-state index contributed by atoms with van der Waals surface area (Å²) in [7, 11) is 1.60. The van der Waals surface area contributed by atoms with Gasteiger partial charge in [-0.05, 0) is 35.9 Å². The van der Waals surface area contributed by atoms with Crippen molar-refractivity contribution in [3.63, 3.8) is 0 Å². The highest BCUT2D eigenvalue weighted by Crippen LogP contribution is 2.17. The minimum Gasteiger partial charge on any atom is -0.399 e. The Morgan fingerprint density at radius 3 is 2.75 bits per heavy atom. The Bertz CT molecular complexity index is 646. The van der Waals surface area contributed by atoms with Gasteiger partial charge >= 0.3 is 0 Å². The number of nitrogens with zero attached hydrogens (tertiary/aromatic N) is 1. The molecule has 0 bridgehead atoms. The van der Waals surface area contributed by atoms with E-state index in [9.17, 15) is 9.18 Å². The van der Waals surface area contributed by atoms with E-state index in [4.69, 9.17) is 17.3 Å². The molecule has 0 heterocycles. The Hall–Kier alpha value is -2.07. The van der Waals surface area contributed by atoms with Crippen LogP contribution in [-0.4, -0.2) is 17.9 Å². The molecule has 2 N–H and O–H groups in total. The molecule has 0 fully saturated rings. The van der Waals surface area contributed by atoms with Crippen LogP contribution in [0, 0.1) is 5.82 Å². The van der Waals surface area contributed by atoms with Crippen LogP contribution < -0.4 is 5.73 Å². The van der Waals surface area contributed by atoms with Gasteiger partial charge in [-0.25, -0.2) is 4.39 Å². The molecule has 0 spiro atoms. The van der Waals surface area contributed by atoms with Crippen molar-refractivity contribution in [2.24, 2.45) is 0 Å². The molecule has 20 heavy (non-hydrogen) atoms. The summed E-state index contributed by atoms with van der Waals surface area (Å²) in [6, 6.07) is 11.1. The van der Waals surface area contributed by atoms with E-state index >= 15 is 0 Å². The number of nitrogens with two attached hydrogens (primary N) is 1. The maximum absolute atomic E-state index is 13.7. The van der Waals surface area contributed by atoms with Crippen LogP contribution in [-0.2, 0) is 6.54 Å². The molecule has 0 radical (unpaired) electrons. The number of carbonyl (C=O) groups excluding carboxylic acids is 1. The highest BCUT2D eigenvalue weighted by molar-refractivity contribution is 6.30. The second kappa shape index (κ2) is 5.92. The molecule has 0 saturated carbocycles. The van der Waals surface area contributed by atoms with E-state index in [1.807, 2.05) is 12.1 Å². The van der Waals surface area contributed by atoms with Gasteiger partial charge in [0, 0.05) is 24.3 Å². The lowest BCUT2D eigenvalue weighted by molar-refractivity contribution is 0.0780. The number of amides is 1. The lowest BCUT2D eigenvalue weighted by atomic mass is 10.1. The molecular formula is C15H14ClFN2O. The van der Waals surface area contributed by atoms with Crippen LogP contribution >= 0.6 is 11.6 Å². The third-order valence-corrected chi connectivity index (χ3v) is 3.11. The van der Waals surface area contributed by atoms with Crippen molar-refractivity contribution in [1.29, 1.82) is 0 Å². The zero-order valence-electron chi connectivity index (χ0n) is 10.9. The predicted molar refractivity (Wildman–Crippen MR) is 78.1 cm³/mol. The molecule has 2 aromatic rings. The van der Waals surface area contributed by atoms with Gasteiger partial charge in [-0.1, -0.05) is 23.7 Å². The van der Waals surface area contributed by atoms with Gasteiger partial charge in [0.25, 0.3) is 5.91 Å². The van der Waals surface area contributed by atoms with Crippen LogP contribution in [0.2, 0.25) is 5.02 Å². The summed E-state index contributed by atoms with van der Waals surface area (Å²) < 4.78 is 13.7. The first-order valence-electron chi connectivity index (χ1n) is 6.02. The fourth-order valence-corrected chi connectivity index (χ4v) is 2.08. The smallest absolute Gasteiger partial charge is 0.256 e. The summed E-state index contributed by atoms with van der Waals surface area (Å²) in [5, 5.41) is 0.326. The number of benzene rings is 2. The molecule has 0 atom stereocenters. The fraction of sp³-hybridized carbons (Fsp3) is 0.133. The van der Waals surface area contributed by atoms with E-state index in [0.717, 1.165) is 5.56 Å². The van der Waals surface area contributed by atoms with Crippen molar-refractivity contribution in [2.75, 3.05) is 12.8 Å². The highest BCUT2D eigenvalue weighted by Gasteiger charge is 2.16. The number of nitrogen functional groups attached to an aromatic ring is 1. The molecule has 104 valence electrons. The SMILES string of the molecule is CN(Cc1cccc(N)c1)C(=O)c1cc(Cl)ccc1F. The molecule has 2 rings (SSSR count). The quantitative estimate of drug-likeness (QED) is 0.882. The summed E-state index contributed by atoms with van der Waals surface area (Å²) >= 11 is 5.79. The lowest BCUT2D eigenvalue weighted by Crippen LogP contribution is -2.27. The first kappa shape index (κ1) is 14.3. The van der Waals surface area contributed by atoms with E-state index in [1.165, 1.54) is 23.1 Å². The molecule has 5 heteroatoms. The Labute approximate surface area is 121 Å². The van der Waals surface area contributed by atoms with Crippen LogP contribution in [0.25, 0.3) is 0 Å². The van der Waals surface area contributed by atoms with E-state index in [-0.39, 0.29) is 5.56 Å². The van der Waals surface area contributed by atoms with Gasteiger partial charge in [-0.3, -0.25) is 4.79 Å². The van der Waals surface area contributed by atoms with E-state index in [2.05, 4.69) is 0 Å². The Kier molecular flexibility index (Phi) is 4.25. The first-order valence-corrected chi connectivity index (χ1v) is 6.40. The molecule has 0 aliphatic heterocycles. The molecule has 3 nitrogen and oxygen atoms in total. The average Bonchev–Trinajstić information content (AvgIpc) is 2.40. The number of hydrogen-bond acceptors (Lipinski definition) is 2. The summed E-state index contributed by atoms with van der Waals surface area (Å²) in [6.07, 6.45) is 0. The monoisotopic (exact) mass is 292 g/mol. The summed E-state index contributed by atoms with van der Waals surface area (Å²) in [5.74, 6) is -1.01. The minimum absolute atomic E-state index is 0.0381. The van der Waals surface area contributed by atoms with Crippen LogP contribution in [0.4, 0.5) is 10.1 Å². The van der Waals surface area contributed by atoms with E-state index < -0.39 is 11.7 Å². The van der Waals surface area contributed by atoms with Gasteiger partial charge in [-0.15, -0.1) is 0 Å². The van der Waals surface area contributed by atoms with Crippen LogP contribution in [0.1, 0.15) is 15.9 Å². The standard InChI is InChI=1S/C15H14ClFN2O/c1-19(9-10-3-2-4-12(18)7-10)15(20)13-8-11(16)5-6-14(13)17/h2-8H,9,18H2,1H3. The first-order chi connectivity index (χ1) is 9.47. The second-order valence-corrected chi connectivity index (χ2v) is 4.97. The van der Waals surface area contributed by atoms with E-state index in [0.29, 0.717) is 17.3 Å². The Morgan fingerprint density at radius 2 is 2.05 bits per heavy atom. The number of carbonyl (C=O) groups is 1. The van der Waals surface area contributed by atoms with Gasteiger partial charge < -0.3 is 10.6 Å². The highest BCUT2D eigenvalue weighted by atomic mass is 35.5. The number of rotatable bonds is 3. The summed E-state index contributed by atoms with van der Waals surface area (Å²) in [5.41, 5.74) is 7.15.